The molecule has 0 nitrogen and oxygen atoms in total. The molecule has 140 valence electrons. The van der Waals surface area contributed by atoms with Crippen LogP contribution in [0.15, 0.2) is 36.4 Å². The van der Waals surface area contributed by atoms with Gasteiger partial charge in [-0.1, -0.05) is 51.6 Å². The maximum absolute atomic E-state index is 5.99. The van der Waals surface area contributed by atoms with Crippen molar-refractivity contribution in [3.05, 3.63) is 46.4 Å². The van der Waals surface area contributed by atoms with Crippen LogP contribution < -0.4 is 10.6 Å². The molecule has 0 aliphatic rings. The molecule has 2 unspecified atom stereocenters. The van der Waals surface area contributed by atoms with Crippen LogP contribution in [0.25, 0.3) is 0 Å². The summed E-state index contributed by atoms with van der Waals surface area (Å²) in [6.45, 7) is 13.4. The molecule has 0 spiro atoms. The van der Waals surface area contributed by atoms with E-state index in [1.54, 1.807) is 0 Å². The largest absolute Gasteiger partial charge is 2.00 e. The molecular weight excluding hydrogens is 511 g/mol. The first-order valence-corrected chi connectivity index (χ1v) is 10.1. The molecule has 0 fully saturated rings. The third-order valence-electron chi connectivity index (χ3n) is 2.53. The molecule has 0 saturated heterocycles. The first kappa shape index (κ1) is 27.5. The van der Waals surface area contributed by atoms with Gasteiger partial charge in [-0.2, -0.15) is 35.9 Å². The van der Waals surface area contributed by atoms with E-state index >= 15 is 0 Å². The van der Waals surface area contributed by atoms with E-state index in [1.807, 2.05) is 12.1 Å². The van der Waals surface area contributed by atoms with Crippen LogP contribution in [-0.4, -0.2) is 10.3 Å². The van der Waals surface area contributed by atoms with E-state index in [-0.39, 0.29) is 37.5 Å². The Kier molecular flexibility index (Phi) is 13.7. The number of rotatable bonds is 2. The van der Waals surface area contributed by atoms with E-state index in [0.29, 0.717) is 15.3 Å². The zero-order valence-corrected chi connectivity index (χ0v) is 21.1. The van der Waals surface area contributed by atoms with Gasteiger partial charge in [0.05, 0.1) is 0 Å². The Bertz CT molecular complexity index is 567. The predicted molar refractivity (Wildman–Crippen MR) is 109 cm³/mol. The summed E-state index contributed by atoms with van der Waals surface area (Å²) < 4.78 is 0. The summed E-state index contributed by atoms with van der Waals surface area (Å²) in [6, 6.07) is 12.5. The fraction of sp³-hybridized carbons (Fsp3) is 0.444. The van der Waals surface area contributed by atoms with Crippen LogP contribution in [0.3, 0.4) is 0 Å². The number of halogens is 2. The summed E-state index contributed by atoms with van der Waals surface area (Å²) >= 11 is 11.8. The molecule has 2 atom stereocenters. The van der Waals surface area contributed by atoms with E-state index in [4.69, 9.17) is 23.2 Å². The molecule has 0 radical (unpaired) electrons. The Hall–Kier alpha value is 1.32. The fourth-order valence-electron chi connectivity index (χ4n) is 1.82. The second kappa shape index (κ2) is 11.9. The summed E-state index contributed by atoms with van der Waals surface area (Å²) in [6.07, 6.45) is 0. The van der Waals surface area contributed by atoms with Crippen LogP contribution in [-0.2, 0) is 37.5 Å². The minimum atomic E-state index is 0. The molecule has 0 aliphatic heterocycles. The first-order chi connectivity index (χ1) is 9.98. The molecule has 0 saturated carbocycles. The second-order valence-electron chi connectivity index (χ2n) is 7.33. The van der Waals surface area contributed by atoms with Crippen molar-refractivity contribution in [1.29, 1.82) is 0 Å². The van der Waals surface area contributed by atoms with E-state index in [1.165, 1.54) is 10.6 Å². The summed E-state index contributed by atoms with van der Waals surface area (Å²) in [5.74, 6) is 0. The van der Waals surface area contributed by atoms with Gasteiger partial charge < -0.3 is 0 Å². The molecule has 0 bridgehead atoms. The van der Waals surface area contributed by atoms with Crippen molar-refractivity contribution in [2.75, 3.05) is 0 Å². The average molecular weight is 538 g/mol. The van der Waals surface area contributed by atoms with Gasteiger partial charge in [-0.15, -0.1) is 39.4 Å². The second-order valence-corrected chi connectivity index (χ2v) is 12.7. The SMILES string of the molecule is CC(C)(C)P[c-]1ccc(Cl)c1Cl.CC(C)(C)P[c-]1cccc1.[Fe+2].[Pd]. The van der Waals surface area contributed by atoms with Crippen molar-refractivity contribution in [3.63, 3.8) is 0 Å². The van der Waals surface area contributed by atoms with Gasteiger partial charge in [0.1, 0.15) is 0 Å². The van der Waals surface area contributed by atoms with Gasteiger partial charge >= 0.3 is 17.1 Å². The summed E-state index contributed by atoms with van der Waals surface area (Å²) in [5, 5.41) is 4.80. The minimum absolute atomic E-state index is 0. The molecule has 24 heavy (non-hydrogen) atoms. The van der Waals surface area contributed by atoms with Gasteiger partial charge in [-0.05, 0) is 10.3 Å². The molecule has 0 heterocycles. The molecule has 2 aromatic rings. The third kappa shape index (κ3) is 11.8. The van der Waals surface area contributed by atoms with E-state index in [0.717, 1.165) is 22.2 Å². The minimum Gasteiger partial charge on any atom is -0.213 e. The van der Waals surface area contributed by atoms with Crippen molar-refractivity contribution in [3.8, 4) is 0 Å². The van der Waals surface area contributed by atoms with Crippen LogP contribution in [0.4, 0.5) is 0 Å². The van der Waals surface area contributed by atoms with Crippen LogP contribution in [0.5, 0.6) is 0 Å². The number of hydrogen-bond donors (Lipinski definition) is 0. The van der Waals surface area contributed by atoms with E-state index < -0.39 is 0 Å². The van der Waals surface area contributed by atoms with Crippen molar-refractivity contribution < 1.29 is 37.5 Å². The summed E-state index contributed by atoms with van der Waals surface area (Å²) in [5.41, 5.74) is 0. The zero-order chi connectivity index (χ0) is 17.0. The van der Waals surface area contributed by atoms with Gasteiger partial charge in [-0.3, -0.25) is 0 Å². The fourth-order valence-corrected chi connectivity index (χ4v) is 4.78. The Balaban J connectivity index is 0. The van der Waals surface area contributed by atoms with Gasteiger partial charge in [0.2, 0.25) is 0 Å². The van der Waals surface area contributed by atoms with Crippen LogP contribution >= 0.6 is 40.4 Å². The van der Waals surface area contributed by atoms with Crippen molar-refractivity contribution in [2.45, 2.75) is 51.9 Å². The van der Waals surface area contributed by atoms with Crippen LogP contribution in [0, 0.1) is 0 Å². The Morgan fingerprint density at radius 2 is 1.29 bits per heavy atom. The smallest absolute Gasteiger partial charge is 0.213 e. The van der Waals surface area contributed by atoms with E-state index in [2.05, 4.69) is 65.8 Å². The van der Waals surface area contributed by atoms with Crippen molar-refractivity contribution in [2.24, 2.45) is 0 Å². The van der Waals surface area contributed by atoms with Crippen molar-refractivity contribution >= 4 is 51.0 Å². The summed E-state index contributed by atoms with van der Waals surface area (Å²) in [4.78, 5) is 0. The molecule has 0 amide bonds. The molecule has 2 aromatic carbocycles. The Morgan fingerprint density at radius 3 is 1.62 bits per heavy atom. The Morgan fingerprint density at radius 1 is 0.833 bits per heavy atom. The van der Waals surface area contributed by atoms with Gasteiger partial charge in [0.25, 0.3) is 0 Å². The average Bonchev–Trinajstić information content (AvgIpc) is 2.92. The molecular formula is C18H26Cl2FeP2Pd. The molecule has 2 rings (SSSR count). The molecule has 6 heteroatoms. The maximum atomic E-state index is 5.99. The topological polar surface area (TPSA) is 0 Å². The Labute approximate surface area is 185 Å². The summed E-state index contributed by atoms with van der Waals surface area (Å²) in [7, 11) is 1.66. The zero-order valence-electron chi connectivity index (χ0n) is 14.9. The quantitative estimate of drug-likeness (QED) is 0.239. The van der Waals surface area contributed by atoms with Gasteiger partial charge in [-0.25, -0.2) is 12.1 Å². The normalized spacial score (nSPS) is 12.0. The monoisotopic (exact) mass is 536 g/mol. The van der Waals surface area contributed by atoms with Crippen LogP contribution in [0.2, 0.25) is 10.0 Å². The van der Waals surface area contributed by atoms with Gasteiger partial charge in [0, 0.05) is 20.4 Å². The van der Waals surface area contributed by atoms with Crippen LogP contribution in [0.1, 0.15) is 41.5 Å². The molecule has 0 N–H and O–H groups in total. The first-order valence-electron chi connectivity index (χ1n) is 7.37. The van der Waals surface area contributed by atoms with E-state index in [9.17, 15) is 0 Å². The molecule has 0 aliphatic carbocycles. The maximum Gasteiger partial charge on any atom is 2.00 e. The predicted octanol–water partition coefficient (Wildman–Crippen LogP) is 6.32. The molecule has 0 aromatic heterocycles. The number of hydrogen-bond acceptors (Lipinski definition) is 0. The van der Waals surface area contributed by atoms with Crippen molar-refractivity contribution in [1.82, 2.24) is 0 Å². The van der Waals surface area contributed by atoms with Gasteiger partial charge in [0.15, 0.2) is 0 Å². The third-order valence-corrected chi connectivity index (χ3v) is 6.32. The standard InChI is InChI=1S/C9H12Cl2P.C9H14P.Fe.Pd/c1-9(2,3)12-7-5-4-6(10)8(7)11;1-9(2,3)10-8-6-4-5-7-8;;/h4-5,12H,1-3H3;4-7,10H,1-3H3;;/q2*-1;+2;.